The number of fused-ring (bicyclic) bond motifs is 7. The van der Waals surface area contributed by atoms with Crippen LogP contribution in [-0.2, 0) is 5.41 Å². The summed E-state index contributed by atoms with van der Waals surface area (Å²) in [6.07, 6.45) is 0. The molecule has 0 heteroatoms. The molecular weight excluding hydrogens is 685 g/mol. The zero-order valence-electron chi connectivity index (χ0n) is 32.1. The molecule has 0 heterocycles. The van der Waals surface area contributed by atoms with Gasteiger partial charge in [0.2, 0.25) is 0 Å². The number of hydrogen-bond donors (Lipinski definition) is 0. The van der Waals surface area contributed by atoms with Crippen LogP contribution in [0.25, 0.3) is 99.1 Å². The lowest BCUT2D eigenvalue weighted by Gasteiger charge is -2.23. The number of benzene rings is 10. The van der Waals surface area contributed by atoms with E-state index in [2.05, 4.69) is 220 Å². The number of hydrogen-bond acceptors (Lipinski definition) is 0. The molecule has 0 atom stereocenters. The zero-order valence-corrected chi connectivity index (χ0v) is 32.1. The maximum atomic E-state index is 2.47. The van der Waals surface area contributed by atoms with Crippen molar-refractivity contribution in [3.63, 3.8) is 0 Å². The Morgan fingerprint density at radius 1 is 0.281 bits per heavy atom. The second-order valence-electron chi connectivity index (χ2n) is 16.0. The van der Waals surface area contributed by atoms with E-state index in [1.807, 2.05) is 0 Å². The molecule has 0 aliphatic heterocycles. The highest BCUT2D eigenvalue weighted by Crippen LogP contribution is 2.53. The van der Waals surface area contributed by atoms with Crippen molar-refractivity contribution in [2.24, 2.45) is 0 Å². The fraction of sp³-hybridized carbons (Fsp3) is 0.0526. The van der Waals surface area contributed by atoms with Gasteiger partial charge in [0.05, 0.1) is 0 Å². The summed E-state index contributed by atoms with van der Waals surface area (Å²) >= 11 is 0. The SMILES string of the molecule is CC1(C)c2ccc(-c3c4ccccc4c(-c4ccc(-c5cc(-c6ccccc6)cc(-c6ccccc6)c5)cc4)c4ccccc34)cc2-c2ccc3ccccc3c21. The third-order valence-corrected chi connectivity index (χ3v) is 12.4. The summed E-state index contributed by atoms with van der Waals surface area (Å²) in [6.45, 7) is 4.77. The van der Waals surface area contributed by atoms with Crippen LogP contribution in [0.1, 0.15) is 25.0 Å². The van der Waals surface area contributed by atoms with Crippen molar-refractivity contribution >= 4 is 32.3 Å². The van der Waals surface area contributed by atoms with E-state index < -0.39 is 0 Å². The normalized spacial score (nSPS) is 12.9. The van der Waals surface area contributed by atoms with Gasteiger partial charge in [0.15, 0.2) is 0 Å². The molecule has 10 aromatic carbocycles. The molecule has 0 unspecified atom stereocenters. The molecule has 0 saturated carbocycles. The smallest absolute Gasteiger partial charge is 0.0165 e. The van der Waals surface area contributed by atoms with E-state index in [-0.39, 0.29) is 5.41 Å². The summed E-state index contributed by atoms with van der Waals surface area (Å²) in [5, 5.41) is 7.73. The van der Waals surface area contributed by atoms with Gasteiger partial charge in [-0.25, -0.2) is 0 Å². The third kappa shape index (κ3) is 5.36. The van der Waals surface area contributed by atoms with Crippen LogP contribution in [0.4, 0.5) is 0 Å². The van der Waals surface area contributed by atoms with Crippen LogP contribution in [0, 0.1) is 0 Å². The van der Waals surface area contributed by atoms with E-state index in [0.717, 1.165) is 0 Å². The minimum Gasteiger partial charge on any atom is -0.0622 e. The minimum atomic E-state index is -0.0871. The monoisotopic (exact) mass is 724 g/mol. The molecule has 0 bridgehead atoms. The van der Waals surface area contributed by atoms with Crippen molar-refractivity contribution in [1.82, 2.24) is 0 Å². The standard InChI is InChI=1S/C57H40/c1-57(2)53-32-30-42(36-52(53)51-31-29-40-19-9-10-20-46(40)56(51)57)55-49-23-13-11-21-47(49)54(48-22-12-14-24-50(48)55)41-27-25-39(26-28-41)45-34-43(37-15-5-3-6-16-37)33-44(35-45)38-17-7-4-8-18-38/h3-36H,1-2H3. The van der Waals surface area contributed by atoms with Crippen molar-refractivity contribution in [3.05, 3.63) is 217 Å². The Bertz CT molecular complexity index is 3050. The quantitative estimate of drug-likeness (QED) is 0.155. The molecule has 0 nitrogen and oxygen atoms in total. The van der Waals surface area contributed by atoms with Crippen LogP contribution in [0.2, 0.25) is 0 Å². The van der Waals surface area contributed by atoms with Crippen LogP contribution in [0.5, 0.6) is 0 Å². The van der Waals surface area contributed by atoms with E-state index in [9.17, 15) is 0 Å². The highest BCUT2D eigenvalue weighted by atomic mass is 14.4. The molecule has 0 spiro atoms. The van der Waals surface area contributed by atoms with E-state index in [1.54, 1.807) is 0 Å². The van der Waals surface area contributed by atoms with Gasteiger partial charge >= 0.3 is 0 Å². The van der Waals surface area contributed by atoms with Gasteiger partial charge in [0.1, 0.15) is 0 Å². The molecule has 57 heavy (non-hydrogen) atoms. The highest BCUT2D eigenvalue weighted by Gasteiger charge is 2.37. The van der Waals surface area contributed by atoms with Gasteiger partial charge in [0, 0.05) is 5.41 Å². The molecule has 11 rings (SSSR count). The summed E-state index contributed by atoms with van der Waals surface area (Å²) in [5.74, 6) is 0. The van der Waals surface area contributed by atoms with Crippen LogP contribution in [-0.4, -0.2) is 0 Å². The Labute approximate surface area is 334 Å². The molecule has 1 aliphatic carbocycles. The second kappa shape index (κ2) is 13.0. The first-order chi connectivity index (χ1) is 28.0. The maximum Gasteiger partial charge on any atom is 0.0165 e. The average Bonchev–Trinajstić information content (AvgIpc) is 3.51. The maximum absolute atomic E-state index is 2.47. The van der Waals surface area contributed by atoms with Crippen molar-refractivity contribution in [2.45, 2.75) is 19.3 Å². The summed E-state index contributed by atoms with van der Waals surface area (Å²) in [7, 11) is 0. The fourth-order valence-electron chi connectivity index (χ4n) is 9.74. The highest BCUT2D eigenvalue weighted by molar-refractivity contribution is 6.21. The van der Waals surface area contributed by atoms with Gasteiger partial charge in [-0.15, -0.1) is 0 Å². The molecule has 10 aromatic rings. The van der Waals surface area contributed by atoms with E-state index in [0.29, 0.717) is 0 Å². The largest absolute Gasteiger partial charge is 0.0622 e. The lowest BCUT2D eigenvalue weighted by Crippen LogP contribution is -2.15. The minimum absolute atomic E-state index is 0.0871. The zero-order chi connectivity index (χ0) is 38.1. The molecule has 0 N–H and O–H groups in total. The lowest BCUT2D eigenvalue weighted by atomic mass is 9.80. The Morgan fingerprint density at radius 3 is 1.25 bits per heavy atom. The first kappa shape index (κ1) is 33.3. The molecule has 1 aliphatic rings. The van der Waals surface area contributed by atoms with Crippen LogP contribution < -0.4 is 0 Å². The average molecular weight is 725 g/mol. The van der Waals surface area contributed by atoms with E-state index in [1.165, 1.54) is 110 Å². The first-order valence-corrected chi connectivity index (χ1v) is 20.0. The third-order valence-electron chi connectivity index (χ3n) is 12.4. The summed E-state index contributed by atoms with van der Waals surface area (Å²) < 4.78 is 0. The van der Waals surface area contributed by atoms with Crippen molar-refractivity contribution in [3.8, 4) is 66.8 Å². The van der Waals surface area contributed by atoms with Gasteiger partial charge in [-0.05, 0) is 134 Å². The van der Waals surface area contributed by atoms with Gasteiger partial charge in [-0.3, -0.25) is 0 Å². The van der Waals surface area contributed by atoms with Crippen molar-refractivity contribution in [2.75, 3.05) is 0 Å². The molecular formula is C57H40. The lowest BCUT2D eigenvalue weighted by molar-refractivity contribution is 0.666. The first-order valence-electron chi connectivity index (χ1n) is 20.0. The van der Waals surface area contributed by atoms with Crippen LogP contribution in [0.3, 0.4) is 0 Å². The molecule has 0 radical (unpaired) electrons. The van der Waals surface area contributed by atoms with Crippen molar-refractivity contribution in [1.29, 1.82) is 0 Å². The molecule has 0 aromatic heterocycles. The van der Waals surface area contributed by atoms with Crippen molar-refractivity contribution < 1.29 is 0 Å². The molecule has 0 amide bonds. The van der Waals surface area contributed by atoms with Gasteiger partial charge < -0.3 is 0 Å². The molecule has 268 valence electrons. The predicted octanol–water partition coefficient (Wildman–Crippen LogP) is 15.8. The predicted molar refractivity (Wildman–Crippen MR) is 244 cm³/mol. The summed E-state index contributed by atoms with van der Waals surface area (Å²) in [6, 6.07) is 76.3. The van der Waals surface area contributed by atoms with Crippen LogP contribution >= 0.6 is 0 Å². The van der Waals surface area contributed by atoms with E-state index in [4.69, 9.17) is 0 Å². The topological polar surface area (TPSA) is 0 Å². The Hall–Kier alpha value is -7.02. The number of rotatable bonds is 5. The Balaban J connectivity index is 1.06. The van der Waals surface area contributed by atoms with E-state index >= 15 is 0 Å². The van der Waals surface area contributed by atoms with Gasteiger partial charge in [0.25, 0.3) is 0 Å². The summed E-state index contributed by atoms with van der Waals surface area (Å²) in [4.78, 5) is 0. The molecule has 0 fully saturated rings. The van der Waals surface area contributed by atoms with Gasteiger partial charge in [-0.1, -0.05) is 196 Å². The van der Waals surface area contributed by atoms with Gasteiger partial charge in [-0.2, -0.15) is 0 Å². The van der Waals surface area contributed by atoms with Crippen LogP contribution in [0.15, 0.2) is 206 Å². The molecule has 0 saturated heterocycles. The second-order valence-corrected chi connectivity index (χ2v) is 16.0. The summed E-state index contributed by atoms with van der Waals surface area (Å²) in [5.41, 5.74) is 17.8. The Kier molecular flexibility index (Phi) is 7.63. The fourth-order valence-corrected chi connectivity index (χ4v) is 9.74. The Morgan fingerprint density at radius 2 is 0.702 bits per heavy atom.